The van der Waals surface area contributed by atoms with Crippen LogP contribution in [-0.2, 0) is 9.59 Å². The molecule has 0 fully saturated rings. The maximum absolute atomic E-state index is 14.0. The molecule has 5 rings (SSSR count). The van der Waals surface area contributed by atoms with Crippen molar-refractivity contribution >= 4 is 51.6 Å². The van der Waals surface area contributed by atoms with Crippen molar-refractivity contribution in [2.24, 2.45) is 0 Å². The summed E-state index contributed by atoms with van der Waals surface area (Å²) >= 11 is 6.76. The lowest BCUT2D eigenvalue weighted by Gasteiger charge is -2.19. The number of alkyl halides is 6. The van der Waals surface area contributed by atoms with Crippen molar-refractivity contribution < 1.29 is 50.5 Å². The summed E-state index contributed by atoms with van der Waals surface area (Å²) in [6.07, 6.45) is -5.45. The van der Waals surface area contributed by atoms with Crippen molar-refractivity contribution in [2.45, 2.75) is 25.3 Å². The molecule has 19 heteroatoms. The van der Waals surface area contributed by atoms with Gasteiger partial charge in [0.05, 0.1) is 28.8 Å². The van der Waals surface area contributed by atoms with Crippen LogP contribution in [0.25, 0.3) is 27.9 Å². The summed E-state index contributed by atoms with van der Waals surface area (Å²) in [5.41, 5.74) is 3.29. The Morgan fingerprint density at radius 2 is 1.60 bits per heavy atom. The summed E-state index contributed by atoms with van der Waals surface area (Å²) in [5.74, 6) is -5.28. The lowest BCUT2D eigenvalue weighted by molar-refractivity contribution is -0.193. The molecule has 0 aliphatic heterocycles. The predicted molar refractivity (Wildman–Crippen MR) is 137 cm³/mol. The highest BCUT2D eigenvalue weighted by Crippen LogP contribution is 2.37. The number of aromatic nitrogens is 6. The fraction of sp³-hybridized carbons (Fsp3) is 0.167. The minimum absolute atomic E-state index is 0.283. The number of nitrogens with one attached hydrogen (secondary N) is 2. The lowest BCUT2D eigenvalue weighted by Crippen LogP contribution is -2.21. The molecule has 5 aromatic rings. The quantitative estimate of drug-likeness (QED) is 0.176. The number of hydrogen-bond acceptors (Lipinski definition) is 7. The molecule has 0 saturated heterocycles. The SMILES string of the molecule is CC(Nc1ncnc2[nH]cnc12)c1c(Cl)c2cccnc2n1-c1cccc(F)c1.O=C(O)C(F)(F)F.O=C(O)C(F)(F)F. The molecule has 4 heterocycles. The zero-order chi connectivity index (χ0) is 32.1. The first-order valence-electron chi connectivity index (χ1n) is 11.4. The number of hydrogen-bond donors (Lipinski definition) is 4. The van der Waals surface area contributed by atoms with Gasteiger partial charge in [0.1, 0.15) is 23.3 Å². The Balaban J connectivity index is 0.000000303. The van der Waals surface area contributed by atoms with Crippen molar-refractivity contribution in [1.29, 1.82) is 0 Å². The zero-order valence-corrected chi connectivity index (χ0v) is 22.0. The molecular weight excluding hydrogens is 619 g/mol. The monoisotopic (exact) mass is 635 g/mol. The fourth-order valence-electron chi connectivity index (χ4n) is 3.50. The Bertz CT molecular complexity index is 1730. The number of aromatic amines is 1. The van der Waals surface area contributed by atoms with Crippen LogP contribution in [-0.4, -0.2) is 64.0 Å². The molecular formula is C24H17ClF7N7O4. The van der Waals surface area contributed by atoms with Crippen LogP contribution in [0.2, 0.25) is 5.02 Å². The van der Waals surface area contributed by atoms with Crippen LogP contribution in [0.1, 0.15) is 18.7 Å². The molecule has 0 amide bonds. The average Bonchev–Trinajstić information content (AvgIpc) is 3.52. The number of H-pyrrole nitrogens is 1. The van der Waals surface area contributed by atoms with Gasteiger partial charge in [0.25, 0.3) is 0 Å². The minimum atomic E-state index is -5.08. The molecule has 11 nitrogen and oxygen atoms in total. The summed E-state index contributed by atoms with van der Waals surface area (Å²) < 4.78 is 79.3. The average molecular weight is 636 g/mol. The number of aliphatic carboxylic acids is 2. The van der Waals surface area contributed by atoms with Crippen LogP contribution in [0.4, 0.5) is 36.6 Å². The van der Waals surface area contributed by atoms with Gasteiger partial charge in [-0.25, -0.2) is 33.9 Å². The number of carboxylic acid groups (broad SMARTS) is 2. The Hall–Kier alpha value is -5.00. The van der Waals surface area contributed by atoms with E-state index in [1.807, 2.05) is 29.7 Å². The van der Waals surface area contributed by atoms with E-state index in [2.05, 4.69) is 30.2 Å². The van der Waals surface area contributed by atoms with Gasteiger partial charge in [-0.15, -0.1) is 0 Å². The van der Waals surface area contributed by atoms with Gasteiger partial charge in [0.15, 0.2) is 11.5 Å². The number of rotatable bonds is 4. The number of halogens is 8. The summed E-state index contributed by atoms with van der Waals surface area (Å²) in [7, 11) is 0. The molecule has 228 valence electrons. The molecule has 0 radical (unpaired) electrons. The molecule has 0 spiro atoms. The molecule has 0 bridgehead atoms. The molecule has 4 N–H and O–H groups in total. The number of benzene rings is 1. The van der Waals surface area contributed by atoms with E-state index in [0.29, 0.717) is 33.3 Å². The molecule has 1 atom stereocenters. The number of anilines is 1. The molecule has 4 aromatic heterocycles. The third kappa shape index (κ3) is 7.85. The van der Waals surface area contributed by atoms with Crippen molar-refractivity contribution in [3.63, 3.8) is 0 Å². The number of pyridine rings is 1. The Labute approximate surface area is 240 Å². The largest absolute Gasteiger partial charge is 0.490 e. The van der Waals surface area contributed by atoms with Crippen molar-refractivity contribution in [2.75, 3.05) is 5.32 Å². The molecule has 43 heavy (non-hydrogen) atoms. The number of imidazole rings is 1. The van der Waals surface area contributed by atoms with Crippen LogP contribution in [0.15, 0.2) is 55.2 Å². The zero-order valence-electron chi connectivity index (χ0n) is 21.2. The normalized spacial score (nSPS) is 12.1. The second-order valence-electron chi connectivity index (χ2n) is 8.18. The van der Waals surface area contributed by atoms with E-state index in [1.54, 1.807) is 18.6 Å². The van der Waals surface area contributed by atoms with Gasteiger partial charge in [-0.1, -0.05) is 17.7 Å². The van der Waals surface area contributed by atoms with E-state index >= 15 is 0 Å². The van der Waals surface area contributed by atoms with Gasteiger partial charge in [0.2, 0.25) is 0 Å². The molecule has 1 unspecified atom stereocenters. The number of carboxylic acids is 2. The summed E-state index contributed by atoms with van der Waals surface area (Å²) in [6.45, 7) is 1.95. The fourth-order valence-corrected chi connectivity index (χ4v) is 3.90. The lowest BCUT2D eigenvalue weighted by atomic mass is 10.2. The van der Waals surface area contributed by atoms with Crippen molar-refractivity contribution in [1.82, 2.24) is 29.5 Å². The second kappa shape index (κ2) is 12.9. The summed E-state index contributed by atoms with van der Waals surface area (Å²) in [5, 5.41) is 18.9. The topological polar surface area (TPSA) is 159 Å². The highest BCUT2D eigenvalue weighted by Gasteiger charge is 2.38. The second-order valence-corrected chi connectivity index (χ2v) is 8.56. The number of nitrogens with zero attached hydrogens (tertiary/aromatic N) is 5. The van der Waals surface area contributed by atoms with Gasteiger partial charge in [-0.2, -0.15) is 26.3 Å². The standard InChI is InChI=1S/C20H15ClFN7.2C2HF3O2/c1-11(28-19-16-18(25-9-24-16)26-10-27-19)17-15(21)14-6-3-7-23-20(14)29(17)13-5-2-4-12(22)8-13;2*3-2(4,5)1(6)7/h2-11H,1H3,(H2,24,25,26,27,28);2*(H,6,7). The van der Waals surface area contributed by atoms with Gasteiger partial charge < -0.3 is 20.5 Å². The van der Waals surface area contributed by atoms with Gasteiger partial charge in [-0.3, -0.25) is 4.57 Å². The van der Waals surface area contributed by atoms with E-state index in [1.165, 1.54) is 18.5 Å². The third-order valence-corrected chi connectivity index (χ3v) is 5.63. The van der Waals surface area contributed by atoms with Gasteiger partial charge in [-0.05, 0) is 37.3 Å². The maximum Gasteiger partial charge on any atom is 0.490 e. The Morgan fingerprint density at radius 3 is 2.19 bits per heavy atom. The Kier molecular flexibility index (Phi) is 9.74. The molecule has 0 saturated carbocycles. The minimum Gasteiger partial charge on any atom is -0.475 e. The summed E-state index contributed by atoms with van der Waals surface area (Å²) in [4.78, 5) is 38.0. The van der Waals surface area contributed by atoms with E-state index in [4.69, 9.17) is 31.4 Å². The van der Waals surface area contributed by atoms with E-state index in [9.17, 15) is 30.7 Å². The van der Waals surface area contributed by atoms with E-state index in [-0.39, 0.29) is 11.9 Å². The molecule has 0 aliphatic carbocycles. The first kappa shape index (κ1) is 32.5. The summed E-state index contributed by atoms with van der Waals surface area (Å²) in [6, 6.07) is 9.78. The number of fused-ring (bicyclic) bond motifs is 2. The third-order valence-electron chi connectivity index (χ3n) is 5.23. The van der Waals surface area contributed by atoms with Crippen molar-refractivity contribution in [3.8, 4) is 5.69 Å². The van der Waals surface area contributed by atoms with Crippen molar-refractivity contribution in [3.05, 3.63) is 71.8 Å². The van der Waals surface area contributed by atoms with Crippen LogP contribution in [0.3, 0.4) is 0 Å². The van der Waals surface area contributed by atoms with Crippen LogP contribution < -0.4 is 5.32 Å². The van der Waals surface area contributed by atoms with Gasteiger partial charge >= 0.3 is 24.3 Å². The molecule has 1 aromatic carbocycles. The number of carbonyl (C=O) groups is 2. The highest BCUT2D eigenvalue weighted by molar-refractivity contribution is 6.36. The first-order chi connectivity index (χ1) is 20.0. The van der Waals surface area contributed by atoms with Crippen LogP contribution >= 0.6 is 11.6 Å². The highest BCUT2D eigenvalue weighted by atomic mass is 35.5. The Morgan fingerprint density at radius 1 is 0.977 bits per heavy atom. The van der Waals surface area contributed by atoms with Gasteiger partial charge in [0, 0.05) is 11.6 Å². The molecule has 0 aliphatic rings. The van der Waals surface area contributed by atoms with Crippen LogP contribution in [0.5, 0.6) is 0 Å². The van der Waals surface area contributed by atoms with Crippen LogP contribution in [0, 0.1) is 5.82 Å². The maximum atomic E-state index is 14.0. The smallest absolute Gasteiger partial charge is 0.475 e. The van der Waals surface area contributed by atoms with E-state index < -0.39 is 24.3 Å². The van der Waals surface area contributed by atoms with E-state index in [0.717, 1.165) is 11.1 Å². The predicted octanol–water partition coefficient (Wildman–Crippen LogP) is 5.92. The first-order valence-corrected chi connectivity index (χ1v) is 11.8.